The molecule has 2 amide bonds. The molecule has 0 fully saturated rings. The molecule has 2 unspecified atom stereocenters. The maximum atomic E-state index is 12.1. The van der Waals surface area contributed by atoms with Crippen LogP contribution in [0, 0.1) is 5.92 Å². The number of carboxylic acid groups (broad SMARTS) is 1. The second-order valence-corrected chi connectivity index (χ2v) is 4.70. The first-order valence-corrected chi connectivity index (χ1v) is 6.64. The zero-order valence-corrected chi connectivity index (χ0v) is 12.0. The minimum Gasteiger partial charge on any atom is -0.481 e. The molecule has 0 saturated heterocycles. The predicted octanol–water partition coefficient (Wildman–Crippen LogP) is 1.89. The first-order chi connectivity index (χ1) is 9.45. The molecular formula is C14H21N3O3. The molecule has 0 spiro atoms. The van der Waals surface area contributed by atoms with Gasteiger partial charge in [-0.25, -0.2) is 4.79 Å². The third-order valence-electron chi connectivity index (χ3n) is 3.06. The van der Waals surface area contributed by atoms with Gasteiger partial charge in [0, 0.05) is 19.3 Å². The highest BCUT2D eigenvalue weighted by atomic mass is 16.4. The lowest BCUT2D eigenvalue weighted by Gasteiger charge is -2.25. The third kappa shape index (κ3) is 4.53. The number of aromatic nitrogens is 1. The van der Waals surface area contributed by atoms with Crippen LogP contribution in [0.25, 0.3) is 0 Å². The number of carbonyl (C=O) groups excluding carboxylic acids is 1. The third-order valence-corrected chi connectivity index (χ3v) is 3.06. The first-order valence-electron chi connectivity index (χ1n) is 6.64. The summed E-state index contributed by atoms with van der Waals surface area (Å²) in [6, 6.07) is 5.00. The Morgan fingerprint density at radius 1 is 1.40 bits per heavy atom. The van der Waals surface area contributed by atoms with Crippen LogP contribution in [0.3, 0.4) is 0 Å². The molecule has 20 heavy (non-hydrogen) atoms. The van der Waals surface area contributed by atoms with Crippen LogP contribution in [0.2, 0.25) is 0 Å². The molecule has 0 aliphatic heterocycles. The summed E-state index contributed by atoms with van der Waals surface area (Å²) < 4.78 is 0. The van der Waals surface area contributed by atoms with Crippen molar-refractivity contribution in [3.63, 3.8) is 0 Å². The number of nitrogens with zero attached hydrogens (tertiary/aromatic N) is 2. The van der Waals surface area contributed by atoms with Gasteiger partial charge in [0.2, 0.25) is 0 Å². The van der Waals surface area contributed by atoms with Crippen molar-refractivity contribution in [2.75, 3.05) is 13.1 Å². The lowest BCUT2D eigenvalue weighted by molar-refractivity contribution is -0.141. The number of pyridine rings is 1. The van der Waals surface area contributed by atoms with Crippen molar-refractivity contribution in [3.05, 3.63) is 30.1 Å². The summed E-state index contributed by atoms with van der Waals surface area (Å²) >= 11 is 0. The van der Waals surface area contributed by atoms with E-state index in [2.05, 4.69) is 10.3 Å². The normalized spacial score (nSPS) is 13.3. The van der Waals surface area contributed by atoms with Crippen molar-refractivity contribution in [1.82, 2.24) is 15.2 Å². The highest BCUT2D eigenvalue weighted by Crippen LogP contribution is 2.09. The number of carboxylic acids is 1. The molecule has 0 radical (unpaired) electrons. The van der Waals surface area contributed by atoms with Crippen molar-refractivity contribution >= 4 is 12.0 Å². The van der Waals surface area contributed by atoms with Gasteiger partial charge in [0.15, 0.2) is 0 Å². The molecule has 1 heterocycles. The quantitative estimate of drug-likeness (QED) is 0.833. The molecule has 1 aromatic heterocycles. The highest BCUT2D eigenvalue weighted by Gasteiger charge is 2.20. The minimum absolute atomic E-state index is 0.187. The van der Waals surface area contributed by atoms with Gasteiger partial charge in [-0.15, -0.1) is 0 Å². The maximum Gasteiger partial charge on any atom is 0.317 e. The van der Waals surface area contributed by atoms with Crippen LogP contribution in [0.5, 0.6) is 0 Å². The van der Waals surface area contributed by atoms with E-state index in [4.69, 9.17) is 5.11 Å². The monoisotopic (exact) mass is 279 g/mol. The second kappa shape index (κ2) is 7.47. The first kappa shape index (κ1) is 15.9. The number of rotatable bonds is 6. The fourth-order valence-corrected chi connectivity index (χ4v) is 1.75. The van der Waals surface area contributed by atoms with Gasteiger partial charge in [-0.1, -0.05) is 13.0 Å². The molecule has 0 saturated carbocycles. The predicted molar refractivity (Wildman–Crippen MR) is 75.2 cm³/mol. The van der Waals surface area contributed by atoms with Crippen molar-refractivity contribution in [2.24, 2.45) is 5.92 Å². The van der Waals surface area contributed by atoms with Gasteiger partial charge >= 0.3 is 12.0 Å². The largest absolute Gasteiger partial charge is 0.481 e. The Balaban J connectivity index is 2.61. The summed E-state index contributed by atoms with van der Waals surface area (Å²) in [5.74, 6) is -1.50. The molecule has 1 aromatic rings. The maximum absolute atomic E-state index is 12.1. The zero-order chi connectivity index (χ0) is 15.1. The van der Waals surface area contributed by atoms with E-state index in [0.717, 1.165) is 5.69 Å². The van der Waals surface area contributed by atoms with E-state index in [1.165, 1.54) is 4.90 Å². The Labute approximate surface area is 118 Å². The van der Waals surface area contributed by atoms with Crippen molar-refractivity contribution in [2.45, 2.75) is 26.8 Å². The van der Waals surface area contributed by atoms with E-state index in [-0.39, 0.29) is 18.6 Å². The van der Waals surface area contributed by atoms with E-state index >= 15 is 0 Å². The zero-order valence-electron chi connectivity index (χ0n) is 12.0. The van der Waals surface area contributed by atoms with E-state index in [9.17, 15) is 9.59 Å². The number of hydrogen-bond donors (Lipinski definition) is 2. The van der Waals surface area contributed by atoms with E-state index in [1.807, 2.05) is 32.0 Å². The SMILES string of the molecule is CCN(CC(C)C(=O)O)C(=O)NC(C)c1ccccn1. The molecule has 0 aromatic carbocycles. The van der Waals surface area contributed by atoms with Crippen LogP contribution < -0.4 is 5.32 Å². The molecule has 110 valence electrons. The summed E-state index contributed by atoms with van der Waals surface area (Å²) in [5, 5.41) is 11.7. The van der Waals surface area contributed by atoms with Crippen LogP contribution >= 0.6 is 0 Å². The molecule has 1 rings (SSSR count). The summed E-state index contributed by atoms with van der Waals surface area (Å²) in [5.41, 5.74) is 0.767. The number of urea groups is 1. The Kier molecular flexibility index (Phi) is 5.96. The van der Waals surface area contributed by atoms with Crippen LogP contribution in [-0.2, 0) is 4.79 Å². The molecule has 0 aliphatic carbocycles. The second-order valence-electron chi connectivity index (χ2n) is 4.70. The van der Waals surface area contributed by atoms with Crippen LogP contribution in [0.4, 0.5) is 4.79 Å². The number of amides is 2. The Hall–Kier alpha value is -2.11. The Bertz CT molecular complexity index is 450. The van der Waals surface area contributed by atoms with Crippen LogP contribution in [-0.4, -0.2) is 40.1 Å². The molecule has 0 aliphatic rings. The van der Waals surface area contributed by atoms with Gasteiger partial charge in [0.05, 0.1) is 17.7 Å². The average Bonchev–Trinajstić information content (AvgIpc) is 2.44. The smallest absolute Gasteiger partial charge is 0.317 e. The van der Waals surface area contributed by atoms with E-state index in [1.54, 1.807) is 13.1 Å². The molecular weight excluding hydrogens is 258 g/mol. The van der Waals surface area contributed by atoms with Crippen molar-refractivity contribution in [1.29, 1.82) is 0 Å². The minimum atomic E-state index is -0.908. The van der Waals surface area contributed by atoms with E-state index < -0.39 is 11.9 Å². The molecule has 0 bridgehead atoms. The summed E-state index contributed by atoms with van der Waals surface area (Å²) in [6.07, 6.45) is 1.67. The average molecular weight is 279 g/mol. The molecule has 6 heteroatoms. The van der Waals surface area contributed by atoms with Gasteiger partial charge in [0.25, 0.3) is 0 Å². The lowest BCUT2D eigenvalue weighted by atomic mass is 10.1. The number of aliphatic carboxylic acids is 1. The number of carbonyl (C=O) groups is 2. The fourth-order valence-electron chi connectivity index (χ4n) is 1.75. The van der Waals surface area contributed by atoms with E-state index in [0.29, 0.717) is 6.54 Å². The summed E-state index contributed by atoms with van der Waals surface area (Å²) in [4.78, 5) is 28.6. The van der Waals surface area contributed by atoms with Crippen molar-refractivity contribution < 1.29 is 14.7 Å². The van der Waals surface area contributed by atoms with Gasteiger partial charge in [-0.3, -0.25) is 9.78 Å². The highest BCUT2D eigenvalue weighted by molar-refractivity contribution is 5.76. The van der Waals surface area contributed by atoms with Crippen LogP contribution in [0.1, 0.15) is 32.5 Å². The molecule has 2 N–H and O–H groups in total. The number of nitrogens with one attached hydrogen (secondary N) is 1. The standard InChI is InChI=1S/C14H21N3O3/c1-4-17(9-10(2)13(18)19)14(20)16-11(3)12-7-5-6-8-15-12/h5-8,10-11H,4,9H2,1-3H3,(H,16,20)(H,18,19). The van der Waals surface area contributed by atoms with Gasteiger partial charge in [0.1, 0.15) is 0 Å². The van der Waals surface area contributed by atoms with Gasteiger partial charge < -0.3 is 15.3 Å². The molecule has 6 nitrogen and oxygen atoms in total. The summed E-state index contributed by atoms with van der Waals surface area (Å²) in [6.45, 7) is 5.89. The van der Waals surface area contributed by atoms with Gasteiger partial charge in [-0.05, 0) is 26.0 Å². The summed E-state index contributed by atoms with van der Waals surface area (Å²) in [7, 11) is 0. The van der Waals surface area contributed by atoms with Crippen LogP contribution in [0.15, 0.2) is 24.4 Å². The fraction of sp³-hybridized carbons (Fsp3) is 0.500. The van der Waals surface area contributed by atoms with Crippen molar-refractivity contribution in [3.8, 4) is 0 Å². The molecule has 2 atom stereocenters. The van der Waals surface area contributed by atoms with Gasteiger partial charge in [-0.2, -0.15) is 0 Å². The number of hydrogen-bond acceptors (Lipinski definition) is 3. The lowest BCUT2D eigenvalue weighted by Crippen LogP contribution is -2.44. The Morgan fingerprint density at radius 2 is 2.10 bits per heavy atom. The Morgan fingerprint density at radius 3 is 2.60 bits per heavy atom. The topological polar surface area (TPSA) is 82.5 Å².